The van der Waals surface area contributed by atoms with E-state index in [0.29, 0.717) is 28.4 Å². The molecule has 0 fully saturated rings. The molecular weight excluding hydrogens is 582 g/mol. The molecule has 0 aromatic heterocycles. The molecule has 4 rings (SSSR count). The Morgan fingerprint density at radius 3 is 2.12 bits per heavy atom. The van der Waals surface area contributed by atoms with Crippen LogP contribution in [0.15, 0.2) is 108 Å². The Balaban J connectivity index is 1.81. The summed E-state index contributed by atoms with van der Waals surface area (Å²) in [7, 11) is -4.15. The first-order valence-electron chi connectivity index (χ1n) is 14.1. The van der Waals surface area contributed by atoms with Crippen molar-refractivity contribution in [1.29, 1.82) is 0 Å². The second kappa shape index (κ2) is 14.4. The van der Waals surface area contributed by atoms with Crippen molar-refractivity contribution in [1.82, 2.24) is 10.2 Å². The summed E-state index contributed by atoms with van der Waals surface area (Å²) in [6.07, 6.45) is 0.244. The highest BCUT2D eigenvalue weighted by Crippen LogP contribution is 2.28. The van der Waals surface area contributed by atoms with Crippen molar-refractivity contribution in [2.75, 3.05) is 17.4 Å². The van der Waals surface area contributed by atoms with Gasteiger partial charge in [-0.15, -0.1) is 0 Å². The first-order valence-corrected chi connectivity index (χ1v) is 15.9. The van der Waals surface area contributed by atoms with E-state index >= 15 is 0 Å². The molecule has 1 N–H and O–H groups in total. The maximum absolute atomic E-state index is 14.4. The van der Waals surface area contributed by atoms with Crippen LogP contribution >= 0.6 is 11.6 Å². The number of halogens is 1. The van der Waals surface area contributed by atoms with Crippen molar-refractivity contribution >= 4 is 39.1 Å². The number of nitrogens with one attached hydrogen (secondary N) is 1. The number of amides is 2. The molecule has 1 atom stereocenters. The Kier molecular flexibility index (Phi) is 10.6. The van der Waals surface area contributed by atoms with E-state index in [9.17, 15) is 18.0 Å². The average Bonchev–Trinajstić information content (AvgIpc) is 2.99. The minimum Gasteiger partial charge on any atom is -0.355 e. The minimum atomic E-state index is -4.15. The van der Waals surface area contributed by atoms with Crippen LogP contribution in [0.2, 0.25) is 5.02 Å². The second-order valence-electron chi connectivity index (χ2n) is 10.4. The van der Waals surface area contributed by atoms with Crippen LogP contribution in [0.5, 0.6) is 0 Å². The fourth-order valence-electron chi connectivity index (χ4n) is 5.00. The Bertz CT molecular complexity index is 1660. The molecule has 0 aliphatic rings. The molecular formula is C34H36ClN3O4S. The van der Waals surface area contributed by atoms with Crippen molar-refractivity contribution in [3.05, 3.63) is 130 Å². The van der Waals surface area contributed by atoms with Gasteiger partial charge in [0.05, 0.1) is 10.6 Å². The van der Waals surface area contributed by atoms with Gasteiger partial charge in [0.2, 0.25) is 11.8 Å². The maximum Gasteiger partial charge on any atom is 0.264 e. The number of hydrogen-bond acceptors (Lipinski definition) is 4. The van der Waals surface area contributed by atoms with Crippen molar-refractivity contribution < 1.29 is 18.0 Å². The zero-order valence-electron chi connectivity index (χ0n) is 24.5. The highest BCUT2D eigenvalue weighted by Gasteiger charge is 2.35. The van der Waals surface area contributed by atoms with E-state index in [1.54, 1.807) is 42.5 Å². The van der Waals surface area contributed by atoms with Gasteiger partial charge in [-0.05, 0) is 67.8 Å². The van der Waals surface area contributed by atoms with Crippen LogP contribution < -0.4 is 9.62 Å². The van der Waals surface area contributed by atoms with Crippen molar-refractivity contribution in [3.63, 3.8) is 0 Å². The lowest BCUT2D eigenvalue weighted by Gasteiger charge is -2.34. The van der Waals surface area contributed by atoms with E-state index < -0.39 is 28.5 Å². The molecule has 0 bridgehead atoms. The summed E-state index contributed by atoms with van der Waals surface area (Å²) < 4.78 is 29.3. The summed E-state index contributed by atoms with van der Waals surface area (Å²) in [5.41, 5.74) is 3.64. The van der Waals surface area contributed by atoms with Crippen molar-refractivity contribution in [2.45, 2.75) is 44.7 Å². The number of sulfonamides is 1. The normalized spacial score (nSPS) is 11.9. The van der Waals surface area contributed by atoms with Crippen LogP contribution in [0.1, 0.15) is 29.2 Å². The lowest BCUT2D eigenvalue weighted by Crippen LogP contribution is -2.53. The van der Waals surface area contributed by atoms with Crippen LogP contribution in [-0.4, -0.2) is 44.3 Å². The molecule has 9 heteroatoms. The molecule has 4 aromatic rings. The maximum atomic E-state index is 14.4. The number of anilines is 1. The van der Waals surface area contributed by atoms with E-state index in [2.05, 4.69) is 5.32 Å². The van der Waals surface area contributed by atoms with Crippen LogP contribution in [0, 0.1) is 13.8 Å². The van der Waals surface area contributed by atoms with Gasteiger partial charge in [-0.3, -0.25) is 13.9 Å². The number of likely N-dealkylation sites (N-methyl/N-ethyl adjacent to an activating group) is 1. The molecule has 0 radical (unpaired) electrons. The second-order valence-corrected chi connectivity index (χ2v) is 12.7. The fourth-order valence-corrected chi connectivity index (χ4v) is 6.71. The van der Waals surface area contributed by atoms with Gasteiger partial charge in [0.1, 0.15) is 12.6 Å². The quantitative estimate of drug-likeness (QED) is 0.214. The van der Waals surface area contributed by atoms with E-state index in [4.69, 9.17) is 11.6 Å². The predicted molar refractivity (Wildman–Crippen MR) is 172 cm³/mol. The van der Waals surface area contributed by atoms with Crippen LogP contribution in [0.25, 0.3) is 0 Å². The van der Waals surface area contributed by atoms with E-state index in [-0.39, 0.29) is 23.8 Å². The van der Waals surface area contributed by atoms with Crippen molar-refractivity contribution in [2.24, 2.45) is 0 Å². The molecule has 0 aliphatic carbocycles. The largest absolute Gasteiger partial charge is 0.355 e. The first kappa shape index (κ1) is 31.8. The Morgan fingerprint density at radius 1 is 0.837 bits per heavy atom. The third kappa shape index (κ3) is 8.03. The third-order valence-corrected chi connectivity index (χ3v) is 9.10. The zero-order valence-corrected chi connectivity index (χ0v) is 26.1. The summed E-state index contributed by atoms with van der Waals surface area (Å²) in [5.74, 6) is -0.850. The lowest BCUT2D eigenvalue weighted by molar-refractivity contribution is -0.140. The van der Waals surface area contributed by atoms with E-state index in [1.165, 1.54) is 17.0 Å². The minimum absolute atomic E-state index is 0.0557. The highest BCUT2D eigenvalue weighted by atomic mass is 35.5. The Labute approximate surface area is 259 Å². The van der Waals surface area contributed by atoms with Gasteiger partial charge in [-0.1, -0.05) is 90.0 Å². The van der Waals surface area contributed by atoms with Crippen LogP contribution in [0.3, 0.4) is 0 Å². The van der Waals surface area contributed by atoms with Gasteiger partial charge in [-0.25, -0.2) is 8.42 Å². The van der Waals surface area contributed by atoms with Gasteiger partial charge in [0, 0.05) is 24.5 Å². The van der Waals surface area contributed by atoms with Gasteiger partial charge >= 0.3 is 0 Å². The Hall–Kier alpha value is -4.14. The monoisotopic (exact) mass is 617 g/mol. The molecule has 0 aliphatic heterocycles. The predicted octanol–water partition coefficient (Wildman–Crippen LogP) is 5.93. The van der Waals surface area contributed by atoms with Crippen molar-refractivity contribution in [3.8, 4) is 0 Å². The molecule has 2 amide bonds. The van der Waals surface area contributed by atoms with Gasteiger partial charge in [0.15, 0.2) is 0 Å². The summed E-state index contributed by atoms with van der Waals surface area (Å²) in [4.78, 5) is 29.5. The van der Waals surface area contributed by atoms with Crippen LogP contribution in [0.4, 0.5) is 5.69 Å². The molecule has 0 saturated heterocycles. The molecule has 0 unspecified atom stereocenters. The third-order valence-electron chi connectivity index (χ3n) is 7.10. The number of nitrogens with zero attached hydrogens (tertiary/aromatic N) is 2. The first-order chi connectivity index (χ1) is 20.6. The number of rotatable bonds is 12. The highest BCUT2D eigenvalue weighted by molar-refractivity contribution is 7.92. The van der Waals surface area contributed by atoms with Crippen LogP contribution in [-0.2, 0) is 32.6 Å². The molecule has 0 spiro atoms. The number of benzene rings is 4. The van der Waals surface area contributed by atoms with E-state index in [0.717, 1.165) is 15.4 Å². The average molecular weight is 618 g/mol. The topological polar surface area (TPSA) is 86.8 Å². The summed E-state index contributed by atoms with van der Waals surface area (Å²) in [6, 6.07) is 29.0. The van der Waals surface area contributed by atoms with E-state index in [1.807, 2.05) is 69.3 Å². The smallest absolute Gasteiger partial charge is 0.264 e. The SMILES string of the molecule is CCNC(=O)[C@@H](Cc1ccccc1)N(Cc1cccc(Cl)c1)C(=O)CN(c1ccc(C)cc1C)S(=O)(=O)c1ccccc1. The molecule has 224 valence electrons. The van der Waals surface area contributed by atoms with Gasteiger partial charge in [-0.2, -0.15) is 0 Å². The zero-order chi connectivity index (χ0) is 31.0. The summed E-state index contributed by atoms with van der Waals surface area (Å²) in [6.45, 7) is 5.48. The number of carbonyl (C=O) groups excluding carboxylic acids is 2. The molecule has 4 aromatic carbocycles. The number of aryl methyl sites for hydroxylation is 2. The molecule has 0 heterocycles. The fraction of sp³-hybridized carbons (Fsp3) is 0.235. The standard InChI is InChI=1S/C34H36ClN3O4S/c1-4-36-34(40)32(22-27-12-7-5-8-13-27)37(23-28-14-11-15-29(35)21-28)33(39)24-38(31-19-18-25(2)20-26(31)3)43(41,42)30-16-9-6-10-17-30/h5-21,32H,4,22-24H2,1-3H3,(H,36,40)/t32-/m1/s1. The lowest BCUT2D eigenvalue weighted by atomic mass is 10.0. The Morgan fingerprint density at radius 2 is 1.49 bits per heavy atom. The summed E-state index contributed by atoms with van der Waals surface area (Å²) in [5, 5.41) is 3.36. The number of hydrogen-bond donors (Lipinski definition) is 1. The van der Waals surface area contributed by atoms with Gasteiger partial charge < -0.3 is 10.2 Å². The number of carbonyl (C=O) groups is 2. The molecule has 43 heavy (non-hydrogen) atoms. The molecule has 7 nitrogen and oxygen atoms in total. The summed E-state index contributed by atoms with van der Waals surface area (Å²) >= 11 is 6.28. The van der Waals surface area contributed by atoms with Gasteiger partial charge in [0.25, 0.3) is 10.0 Å². The molecule has 0 saturated carbocycles.